The third-order valence-corrected chi connectivity index (χ3v) is 4.20. The second kappa shape index (κ2) is 7.65. The van der Waals surface area contributed by atoms with Crippen molar-refractivity contribution >= 4 is 22.4 Å². The number of aromatic nitrogens is 3. The highest BCUT2D eigenvalue weighted by atomic mass is 32.1. The molecule has 0 aliphatic rings. The van der Waals surface area contributed by atoms with Crippen LogP contribution in [-0.4, -0.2) is 21.1 Å². The van der Waals surface area contributed by atoms with Crippen LogP contribution >= 0.6 is 11.3 Å². The Morgan fingerprint density at radius 2 is 2.00 bits per heavy atom. The lowest BCUT2D eigenvalue weighted by Crippen LogP contribution is -2.12. The third kappa shape index (κ3) is 4.14. The molecule has 0 atom stereocenters. The molecule has 7 heteroatoms. The summed E-state index contributed by atoms with van der Waals surface area (Å²) in [6.07, 6.45) is 2.28. The van der Waals surface area contributed by atoms with Gasteiger partial charge in [-0.05, 0) is 18.1 Å². The number of benzene rings is 1. The molecular formula is C17H16N4O2S. The summed E-state index contributed by atoms with van der Waals surface area (Å²) in [7, 11) is 0. The summed E-state index contributed by atoms with van der Waals surface area (Å²) >= 11 is 1.37. The molecule has 2 heterocycles. The Labute approximate surface area is 143 Å². The highest BCUT2D eigenvalue weighted by molar-refractivity contribution is 7.15. The van der Waals surface area contributed by atoms with Crippen molar-refractivity contribution in [2.75, 3.05) is 5.32 Å². The number of nitrogens with zero attached hydrogens (tertiary/aromatic N) is 3. The van der Waals surface area contributed by atoms with E-state index in [1.165, 1.54) is 17.5 Å². The molecule has 0 unspecified atom stereocenters. The Morgan fingerprint density at radius 3 is 2.67 bits per heavy atom. The van der Waals surface area contributed by atoms with Gasteiger partial charge >= 0.3 is 0 Å². The second-order valence-electron chi connectivity index (χ2n) is 4.97. The molecule has 0 saturated carbocycles. The van der Waals surface area contributed by atoms with E-state index in [9.17, 15) is 4.79 Å². The number of hydrogen-bond acceptors (Lipinski definition) is 6. The first-order valence-electron chi connectivity index (χ1n) is 7.51. The van der Waals surface area contributed by atoms with Crippen LogP contribution in [-0.2, 0) is 13.0 Å². The Bertz CT molecular complexity index is 803. The Kier molecular flexibility index (Phi) is 5.12. The van der Waals surface area contributed by atoms with Gasteiger partial charge in [-0.15, -0.1) is 10.2 Å². The SMILES string of the molecule is CCc1nnc(NC(=O)c2ccc(OCc3ccccc3)nc2)s1. The van der Waals surface area contributed by atoms with E-state index in [1.54, 1.807) is 12.1 Å². The van der Waals surface area contributed by atoms with Crippen molar-refractivity contribution in [3.05, 3.63) is 64.8 Å². The van der Waals surface area contributed by atoms with Crippen molar-refractivity contribution in [1.82, 2.24) is 15.2 Å². The van der Waals surface area contributed by atoms with Gasteiger partial charge in [-0.25, -0.2) is 4.98 Å². The zero-order chi connectivity index (χ0) is 16.8. The summed E-state index contributed by atoms with van der Waals surface area (Å²) in [6, 6.07) is 13.2. The van der Waals surface area contributed by atoms with Crippen molar-refractivity contribution in [3.8, 4) is 5.88 Å². The van der Waals surface area contributed by atoms with Gasteiger partial charge in [-0.3, -0.25) is 10.1 Å². The number of pyridine rings is 1. The molecule has 0 radical (unpaired) electrons. The molecule has 3 rings (SSSR count). The largest absolute Gasteiger partial charge is 0.473 e. The lowest BCUT2D eigenvalue weighted by Gasteiger charge is -2.06. The number of anilines is 1. The van der Waals surface area contributed by atoms with Crippen LogP contribution in [0.2, 0.25) is 0 Å². The predicted molar refractivity (Wildman–Crippen MR) is 92.3 cm³/mol. The molecule has 0 saturated heterocycles. The Hall–Kier alpha value is -2.80. The van der Waals surface area contributed by atoms with Crippen LogP contribution in [0, 0.1) is 0 Å². The van der Waals surface area contributed by atoms with Gasteiger partial charge in [0, 0.05) is 12.3 Å². The summed E-state index contributed by atoms with van der Waals surface area (Å²) in [5, 5.41) is 12.0. The van der Waals surface area contributed by atoms with E-state index in [0.717, 1.165) is 17.0 Å². The van der Waals surface area contributed by atoms with Gasteiger partial charge in [0.2, 0.25) is 11.0 Å². The lowest BCUT2D eigenvalue weighted by molar-refractivity contribution is 0.102. The number of carbonyl (C=O) groups is 1. The van der Waals surface area contributed by atoms with Gasteiger partial charge in [0.25, 0.3) is 5.91 Å². The first kappa shape index (κ1) is 16.1. The van der Waals surface area contributed by atoms with Gasteiger partial charge in [0.1, 0.15) is 11.6 Å². The number of nitrogens with one attached hydrogen (secondary N) is 1. The summed E-state index contributed by atoms with van der Waals surface area (Å²) in [5.41, 5.74) is 1.50. The molecule has 122 valence electrons. The number of amides is 1. The summed E-state index contributed by atoms with van der Waals surface area (Å²) in [5.74, 6) is 0.204. The highest BCUT2D eigenvalue weighted by Crippen LogP contribution is 2.17. The predicted octanol–water partition coefficient (Wildman–Crippen LogP) is 3.33. The minimum atomic E-state index is -0.268. The van der Waals surface area contributed by atoms with E-state index in [-0.39, 0.29) is 5.91 Å². The number of carbonyl (C=O) groups excluding carboxylic acids is 1. The molecule has 0 bridgehead atoms. The molecule has 24 heavy (non-hydrogen) atoms. The first-order valence-corrected chi connectivity index (χ1v) is 8.32. The smallest absolute Gasteiger partial charge is 0.259 e. The van der Waals surface area contributed by atoms with E-state index in [4.69, 9.17) is 4.74 Å². The minimum absolute atomic E-state index is 0.268. The monoisotopic (exact) mass is 340 g/mol. The summed E-state index contributed by atoms with van der Waals surface area (Å²) in [6.45, 7) is 2.42. The lowest BCUT2D eigenvalue weighted by atomic mass is 10.2. The maximum absolute atomic E-state index is 12.1. The molecule has 6 nitrogen and oxygen atoms in total. The summed E-state index contributed by atoms with van der Waals surface area (Å²) < 4.78 is 5.60. The van der Waals surface area contributed by atoms with Crippen LogP contribution in [0.15, 0.2) is 48.7 Å². The number of hydrogen-bond donors (Lipinski definition) is 1. The van der Waals surface area contributed by atoms with Crippen LogP contribution < -0.4 is 10.1 Å². The van der Waals surface area contributed by atoms with Gasteiger partial charge in [0.05, 0.1) is 5.56 Å². The van der Waals surface area contributed by atoms with Crippen molar-refractivity contribution < 1.29 is 9.53 Å². The van der Waals surface area contributed by atoms with Gasteiger partial charge < -0.3 is 4.74 Å². The number of aryl methyl sites for hydroxylation is 1. The minimum Gasteiger partial charge on any atom is -0.473 e. The molecule has 0 fully saturated rings. The topological polar surface area (TPSA) is 77.0 Å². The second-order valence-corrected chi connectivity index (χ2v) is 6.03. The maximum Gasteiger partial charge on any atom is 0.259 e. The normalized spacial score (nSPS) is 10.4. The molecule has 2 aromatic heterocycles. The molecule has 0 aliphatic carbocycles. The van der Waals surface area contributed by atoms with Crippen LogP contribution in [0.3, 0.4) is 0 Å². The van der Waals surface area contributed by atoms with Gasteiger partial charge in [-0.2, -0.15) is 0 Å². The molecule has 0 spiro atoms. The zero-order valence-electron chi connectivity index (χ0n) is 13.1. The Morgan fingerprint density at radius 1 is 1.17 bits per heavy atom. The number of ether oxygens (including phenoxy) is 1. The average molecular weight is 340 g/mol. The molecular weight excluding hydrogens is 324 g/mol. The molecule has 3 aromatic rings. The number of rotatable bonds is 6. The molecule has 1 amide bonds. The van der Waals surface area contributed by atoms with Crippen molar-refractivity contribution in [1.29, 1.82) is 0 Å². The molecule has 1 aromatic carbocycles. The van der Waals surface area contributed by atoms with E-state index in [2.05, 4.69) is 20.5 Å². The fourth-order valence-corrected chi connectivity index (χ4v) is 2.62. The van der Waals surface area contributed by atoms with Crippen molar-refractivity contribution in [3.63, 3.8) is 0 Å². The van der Waals surface area contributed by atoms with Gasteiger partial charge in [-0.1, -0.05) is 48.6 Å². The maximum atomic E-state index is 12.1. The third-order valence-electron chi connectivity index (χ3n) is 3.22. The van der Waals surface area contributed by atoms with E-state index in [1.807, 2.05) is 37.3 Å². The highest BCUT2D eigenvalue weighted by Gasteiger charge is 2.10. The van der Waals surface area contributed by atoms with Crippen LogP contribution in [0.5, 0.6) is 5.88 Å². The fraction of sp³-hybridized carbons (Fsp3) is 0.176. The van der Waals surface area contributed by atoms with E-state index in [0.29, 0.717) is 23.2 Å². The molecule has 0 aliphatic heterocycles. The standard InChI is InChI=1S/C17H16N4O2S/c1-2-15-20-21-17(24-15)19-16(22)13-8-9-14(18-10-13)23-11-12-6-4-3-5-7-12/h3-10H,2,11H2,1H3,(H,19,21,22). The van der Waals surface area contributed by atoms with E-state index < -0.39 is 0 Å². The van der Waals surface area contributed by atoms with Gasteiger partial charge in [0.15, 0.2) is 0 Å². The average Bonchev–Trinajstić information content (AvgIpc) is 3.09. The van der Waals surface area contributed by atoms with Crippen LogP contribution in [0.25, 0.3) is 0 Å². The fourth-order valence-electron chi connectivity index (χ4n) is 1.95. The first-order chi connectivity index (χ1) is 11.7. The van der Waals surface area contributed by atoms with Crippen molar-refractivity contribution in [2.24, 2.45) is 0 Å². The van der Waals surface area contributed by atoms with Crippen LogP contribution in [0.1, 0.15) is 27.9 Å². The Balaban J connectivity index is 1.58. The van der Waals surface area contributed by atoms with E-state index >= 15 is 0 Å². The van der Waals surface area contributed by atoms with Crippen LogP contribution in [0.4, 0.5) is 5.13 Å². The zero-order valence-corrected chi connectivity index (χ0v) is 13.9. The summed E-state index contributed by atoms with van der Waals surface area (Å²) in [4.78, 5) is 16.3. The van der Waals surface area contributed by atoms with Crippen molar-refractivity contribution in [2.45, 2.75) is 20.0 Å². The molecule has 1 N–H and O–H groups in total. The quantitative estimate of drug-likeness (QED) is 0.745.